The molecule has 0 saturated heterocycles. The van der Waals surface area contributed by atoms with Crippen molar-refractivity contribution in [2.75, 3.05) is 0 Å². The van der Waals surface area contributed by atoms with Crippen LogP contribution in [-0.2, 0) is 6.42 Å². The van der Waals surface area contributed by atoms with Crippen molar-refractivity contribution in [1.29, 1.82) is 5.26 Å². The van der Waals surface area contributed by atoms with Gasteiger partial charge >= 0.3 is 0 Å². The topological polar surface area (TPSA) is 23.8 Å². The summed E-state index contributed by atoms with van der Waals surface area (Å²) in [6.45, 7) is 0. The maximum atomic E-state index is 13.1. The SMILES string of the molecule is N#CC(F)=C[C@H]1CC[C@H](CCc2ccc(F)c(F)c2)CC1. The molecule has 1 aromatic carbocycles. The molecule has 0 N–H and O–H groups in total. The normalized spacial score (nSPS) is 22.9. The van der Waals surface area contributed by atoms with Crippen LogP contribution in [-0.4, -0.2) is 0 Å². The average molecular weight is 293 g/mol. The van der Waals surface area contributed by atoms with Crippen molar-refractivity contribution in [3.05, 3.63) is 47.3 Å². The second-order valence-corrected chi connectivity index (χ2v) is 5.69. The van der Waals surface area contributed by atoms with Crippen LogP contribution in [0.15, 0.2) is 30.1 Å². The Hall–Kier alpha value is -1.76. The van der Waals surface area contributed by atoms with Gasteiger partial charge in [-0.1, -0.05) is 6.07 Å². The van der Waals surface area contributed by atoms with E-state index >= 15 is 0 Å². The van der Waals surface area contributed by atoms with Crippen molar-refractivity contribution in [1.82, 2.24) is 0 Å². The van der Waals surface area contributed by atoms with Crippen LogP contribution in [0.3, 0.4) is 0 Å². The lowest BCUT2D eigenvalue weighted by Crippen LogP contribution is -2.14. The largest absolute Gasteiger partial charge is 0.204 e. The van der Waals surface area contributed by atoms with Gasteiger partial charge in [-0.05, 0) is 74.1 Å². The zero-order chi connectivity index (χ0) is 15.2. The first kappa shape index (κ1) is 15.6. The standard InChI is InChI=1S/C17H18F3N/c18-15(11-21)9-13-4-1-12(2-5-13)3-6-14-7-8-16(19)17(20)10-14/h7-10,12-13H,1-6H2/t12-,13-. The first-order valence-electron chi connectivity index (χ1n) is 7.30. The third-order valence-electron chi connectivity index (χ3n) is 4.21. The summed E-state index contributed by atoms with van der Waals surface area (Å²) in [5.41, 5.74) is 0.812. The Labute approximate surface area is 123 Å². The Bertz CT molecular complexity index is 552. The van der Waals surface area contributed by atoms with E-state index in [1.54, 1.807) is 6.07 Å². The Morgan fingerprint density at radius 3 is 2.52 bits per heavy atom. The van der Waals surface area contributed by atoms with Gasteiger partial charge < -0.3 is 0 Å². The number of nitriles is 1. The van der Waals surface area contributed by atoms with Gasteiger partial charge in [-0.2, -0.15) is 9.65 Å². The molecule has 0 amide bonds. The number of aryl methyl sites for hydroxylation is 1. The van der Waals surface area contributed by atoms with Gasteiger partial charge in [0.15, 0.2) is 17.5 Å². The summed E-state index contributed by atoms with van der Waals surface area (Å²) in [7, 11) is 0. The zero-order valence-corrected chi connectivity index (χ0v) is 11.8. The van der Waals surface area contributed by atoms with Gasteiger partial charge in [0.05, 0.1) is 0 Å². The molecule has 1 aliphatic carbocycles. The van der Waals surface area contributed by atoms with E-state index in [2.05, 4.69) is 0 Å². The Balaban J connectivity index is 1.79. The predicted molar refractivity (Wildman–Crippen MR) is 74.9 cm³/mol. The average Bonchev–Trinajstić information content (AvgIpc) is 2.50. The second-order valence-electron chi connectivity index (χ2n) is 5.69. The molecule has 0 atom stereocenters. The summed E-state index contributed by atoms with van der Waals surface area (Å²) in [6, 6.07) is 5.55. The molecule has 1 fully saturated rings. The Morgan fingerprint density at radius 1 is 1.19 bits per heavy atom. The molecule has 1 nitrogen and oxygen atoms in total. The molecule has 4 heteroatoms. The summed E-state index contributed by atoms with van der Waals surface area (Å²) < 4.78 is 38.8. The van der Waals surface area contributed by atoms with Gasteiger partial charge in [0.25, 0.3) is 0 Å². The van der Waals surface area contributed by atoms with Crippen molar-refractivity contribution >= 4 is 0 Å². The van der Waals surface area contributed by atoms with Crippen LogP contribution >= 0.6 is 0 Å². The Morgan fingerprint density at radius 2 is 1.90 bits per heavy atom. The van der Waals surface area contributed by atoms with E-state index in [1.165, 1.54) is 18.2 Å². The lowest BCUT2D eigenvalue weighted by molar-refractivity contribution is 0.294. The number of allylic oxidation sites excluding steroid dienone is 2. The molecule has 2 rings (SSSR count). The summed E-state index contributed by atoms with van der Waals surface area (Å²) in [5, 5.41) is 8.42. The molecule has 0 spiro atoms. The fourth-order valence-corrected chi connectivity index (χ4v) is 2.95. The predicted octanol–water partition coefficient (Wildman–Crippen LogP) is 5.08. The molecule has 1 aliphatic rings. The summed E-state index contributed by atoms with van der Waals surface area (Å²) >= 11 is 0. The van der Waals surface area contributed by atoms with Crippen molar-refractivity contribution in [2.24, 2.45) is 11.8 Å². The number of hydrogen-bond donors (Lipinski definition) is 0. The Kier molecular flexibility index (Phi) is 5.44. The van der Waals surface area contributed by atoms with E-state index in [9.17, 15) is 13.2 Å². The van der Waals surface area contributed by atoms with E-state index in [-0.39, 0.29) is 5.92 Å². The fourth-order valence-electron chi connectivity index (χ4n) is 2.95. The van der Waals surface area contributed by atoms with Gasteiger partial charge in [-0.3, -0.25) is 0 Å². The summed E-state index contributed by atoms with van der Waals surface area (Å²) in [6.07, 6.45) is 6.84. The highest BCUT2D eigenvalue weighted by atomic mass is 19.2. The van der Waals surface area contributed by atoms with Crippen LogP contribution in [0.2, 0.25) is 0 Å². The minimum atomic E-state index is -0.814. The van der Waals surface area contributed by atoms with Crippen molar-refractivity contribution in [2.45, 2.75) is 38.5 Å². The lowest BCUT2D eigenvalue weighted by Gasteiger charge is -2.26. The van der Waals surface area contributed by atoms with Crippen LogP contribution in [0.1, 0.15) is 37.7 Å². The van der Waals surface area contributed by atoms with Gasteiger partial charge in [0.2, 0.25) is 0 Å². The molecule has 0 aliphatic heterocycles. The molecule has 0 unspecified atom stereocenters. The van der Waals surface area contributed by atoms with Crippen molar-refractivity contribution < 1.29 is 13.2 Å². The number of halogens is 3. The van der Waals surface area contributed by atoms with E-state index in [4.69, 9.17) is 5.26 Å². The van der Waals surface area contributed by atoms with E-state index in [0.717, 1.165) is 50.2 Å². The summed E-state index contributed by atoms with van der Waals surface area (Å²) in [4.78, 5) is 0. The first-order chi connectivity index (χ1) is 10.1. The smallest absolute Gasteiger partial charge is 0.196 e. The zero-order valence-electron chi connectivity index (χ0n) is 11.8. The summed E-state index contributed by atoms with van der Waals surface area (Å²) in [5.74, 6) is -1.61. The second kappa shape index (κ2) is 7.31. The van der Waals surface area contributed by atoms with Gasteiger partial charge in [-0.15, -0.1) is 0 Å². The lowest BCUT2D eigenvalue weighted by atomic mass is 9.79. The molecule has 0 radical (unpaired) electrons. The van der Waals surface area contributed by atoms with Gasteiger partial charge in [-0.25, -0.2) is 8.78 Å². The van der Waals surface area contributed by atoms with Crippen LogP contribution in [0.4, 0.5) is 13.2 Å². The molecule has 0 bridgehead atoms. The van der Waals surface area contributed by atoms with Crippen molar-refractivity contribution in [3.8, 4) is 6.07 Å². The minimum Gasteiger partial charge on any atom is -0.204 e. The quantitative estimate of drug-likeness (QED) is 0.710. The highest BCUT2D eigenvalue weighted by Crippen LogP contribution is 2.33. The van der Waals surface area contributed by atoms with Gasteiger partial charge in [0.1, 0.15) is 6.07 Å². The third kappa shape index (κ3) is 4.63. The molecule has 21 heavy (non-hydrogen) atoms. The molecule has 1 aromatic rings. The molecular formula is C17H18F3N. The monoisotopic (exact) mass is 293 g/mol. The molecule has 0 heterocycles. The van der Waals surface area contributed by atoms with Crippen LogP contribution in [0, 0.1) is 34.8 Å². The molecular weight excluding hydrogens is 275 g/mol. The number of hydrogen-bond acceptors (Lipinski definition) is 1. The maximum Gasteiger partial charge on any atom is 0.196 e. The minimum absolute atomic E-state index is 0.157. The molecule has 1 saturated carbocycles. The third-order valence-corrected chi connectivity index (χ3v) is 4.21. The van der Waals surface area contributed by atoms with Crippen molar-refractivity contribution in [3.63, 3.8) is 0 Å². The van der Waals surface area contributed by atoms with E-state index < -0.39 is 17.5 Å². The first-order valence-corrected chi connectivity index (χ1v) is 7.30. The maximum absolute atomic E-state index is 13.1. The number of rotatable bonds is 4. The van der Waals surface area contributed by atoms with Crippen LogP contribution < -0.4 is 0 Å². The number of benzene rings is 1. The highest BCUT2D eigenvalue weighted by Gasteiger charge is 2.20. The van der Waals surface area contributed by atoms with E-state index in [1.807, 2.05) is 0 Å². The number of nitrogens with zero attached hydrogens (tertiary/aromatic N) is 1. The molecule has 112 valence electrons. The molecule has 0 aromatic heterocycles. The highest BCUT2D eigenvalue weighted by molar-refractivity contribution is 5.18. The van der Waals surface area contributed by atoms with Gasteiger partial charge in [0, 0.05) is 0 Å². The van der Waals surface area contributed by atoms with Crippen LogP contribution in [0.5, 0.6) is 0 Å². The van der Waals surface area contributed by atoms with E-state index in [0.29, 0.717) is 5.92 Å². The van der Waals surface area contributed by atoms with Crippen LogP contribution in [0.25, 0.3) is 0 Å². The fraction of sp³-hybridized carbons (Fsp3) is 0.471.